The zero-order valence-electron chi connectivity index (χ0n) is 11.5. The van der Waals surface area contributed by atoms with E-state index in [4.69, 9.17) is 9.84 Å². The van der Waals surface area contributed by atoms with Gasteiger partial charge in [-0.2, -0.15) is 0 Å². The molecule has 0 fully saturated rings. The summed E-state index contributed by atoms with van der Waals surface area (Å²) in [7, 11) is 0. The van der Waals surface area contributed by atoms with Crippen LogP contribution in [0.25, 0.3) is 0 Å². The number of alkyl carbamates (subject to hydrolysis) is 1. The van der Waals surface area contributed by atoms with E-state index in [1.54, 1.807) is 12.1 Å². The standard InChI is InChI=1S/C15H13FN2O4/c16-12-11(6-7-17-13(12)14(19)20)8-18-15(21)22-9-10-4-2-1-3-5-10/h1-7H,8-9H2,(H,18,21)(H,19,20). The monoisotopic (exact) mass is 304 g/mol. The fraction of sp³-hybridized carbons (Fsp3) is 0.133. The molecule has 2 N–H and O–H groups in total. The minimum atomic E-state index is -1.47. The summed E-state index contributed by atoms with van der Waals surface area (Å²) in [5, 5.41) is 11.1. The van der Waals surface area contributed by atoms with Crippen LogP contribution >= 0.6 is 0 Å². The third kappa shape index (κ3) is 4.02. The topological polar surface area (TPSA) is 88.5 Å². The third-order valence-electron chi connectivity index (χ3n) is 2.81. The van der Waals surface area contributed by atoms with Crippen molar-refractivity contribution in [3.05, 3.63) is 65.2 Å². The van der Waals surface area contributed by atoms with Crippen molar-refractivity contribution in [2.24, 2.45) is 0 Å². The van der Waals surface area contributed by atoms with Crippen LogP contribution < -0.4 is 5.32 Å². The minimum absolute atomic E-state index is 0.0176. The van der Waals surface area contributed by atoms with Crippen molar-refractivity contribution in [1.82, 2.24) is 10.3 Å². The zero-order valence-corrected chi connectivity index (χ0v) is 11.5. The molecule has 0 aliphatic rings. The quantitative estimate of drug-likeness (QED) is 0.885. The fourth-order valence-corrected chi connectivity index (χ4v) is 1.71. The summed E-state index contributed by atoms with van der Waals surface area (Å²) >= 11 is 0. The Balaban J connectivity index is 1.89. The molecule has 0 bridgehead atoms. The Morgan fingerprint density at radius 1 is 1.23 bits per heavy atom. The molecule has 0 aliphatic heterocycles. The number of carbonyl (C=O) groups excluding carboxylic acids is 1. The van der Waals surface area contributed by atoms with Crippen molar-refractivity contribution in [2.75, 3.05) is 0 Å². The number of nitrogens with zero attached hydrogens (tertiary/aromatic N) is 1. The molecule has 1 amide bonds. The van der Waals surface area contributed by atoms with E-state index in [1.807, 2.05) is 18.2 Å². The molecule has 0 aliphatic carbocycles. The molecule has 22 heavy (non-hydrogen) atoms. The largest absolute Gasteiger partial charge is 0.476 e. The van der Waals surface area contributed by atoms with Gasteiger partial charge in [0, 0.05) is 18.3 Å². The van der Waals surface area contributed by atoms with Crippen LogP contribution in [0.4, 0.5) is 9.18 Å². The van der Waals surface area contributed by atoms with Gasteiger partial charge in [-0.1, -0.05) is 30.3 Å². The second kappa shape index (κ2) is 7.16. The Kier molecular flexibility index (Phi) is 5.02. The second-order valence-corrected chi connectivity index (χ2v) is 4.35. The average molecular weight is 304 g/mol. The van der Waals surface area contributed by atoms with Crippen molar-refractivity contribution < 1.29 is 23.8 Å². The van der Waals surface area contributed by atoms with Crippen molar-refractivity contribution in [3.63, 3.8) is 0 Å². The molecule has 1 aromatic carbocycles. The van der Waals surface area contributed by atoms with Gasteiger partial charge < -0.3 is 15.2 Å². The Hall–Kier alpha value is -2.96. The van der Waals surface area contributed by atoms with Gasteiger partial charge in [-0.05, 0) is 11.6 Å². The number of aromatic nitrogens is 1. The highest BCUT2D eigenvalue weighted by Gasteiger charge is 2.16. The van der Waals surface area contributed by atoms with Crippen LogP contribution in [0.2, 0.25) is 0 Å². The van der Waals surface area contributed by atoms with Crippen LogP contribution in [-0.4, -0.2) is 22.2 Å². The molecule has 114 valence electrons. The van der Waals surface area contributed by atoms with Gasteiger partial charge in [-0.25, -0.2) is 19.0 Å². The second-order valence-electron chi connectivity index (χ2n) is 4.35. The van der Waals surface area contributed by atoms with E-state index in [9.17, 15) is 14.0 Å². The van der Waals surface area contributed by atoms with Gasteiger partial charge in [0.2, 0.25) is 0 Å². The predicted molar refractivity (Wildman–Crippen MR) is 74.6 cm³/mol. The van der Waals surface area contributed by atoms with Gasteiger partial charge in [0.1, 0.15) is 6.61 Å². The van der Waals surface area contributed by atoms with Crippen LogP contribution in [0.1, 0.15) is 21.6 Å². The lowest BCUT2D eigenvalue weighted by Gasteiger charge is -2.08. The lowest BCUT2D eigenvalue weighted by molar-refractivity contribution is 0.0684. The number of hydrogen-bond acceptors (Lipinski definition) is 4. The molecule has 2 rings (SSSR count). The molecule has 2 aromatic rings. The van der Waals surface area contributed by atoms with Crippen molar-refractivity contribution >= 4 is 12.1 Å². The lowest BCUT2D eigenvalue weighted by Crippen LogP contribution is -2.24. The van der Waals surface area contributed by atoms with Crippen LogP contribution in [-0.2, 0) is 17.9 Å². The summed E-state index contributed by atoms with van der Waals surface area (Å²) in [6, 6.07) is 10.4. The summed E-state index contributed by atoms with van der Waals surface area (Å²) in [5.74, 6) is -2.44. The Morgan fingerprint density at radius 2 is 1.95 bits per heavy atom. The van der Waals surface area contributed by atoms with Gasteiger partial charge in [-0.3, -0.25) is 0 Å². The number of benzene rings is 1. The molecule has 6 nitrogen and oxygen atoms in total. The number of carboxylic acid groups (broad SMARTS) is 1. The molecule has 0 atom stereocenters. The number of ether oxygens (including phenoxy) is 1. The van der Waals surface area contributed by atoms with Crippen LogP contribution in [0.15, 0.2) is 42.6 Å². The number of carbonyl (C=O) groups is 2. The number of hydrogen-bond donors (Lipinski definition) is 2. The van der Waals surface area contributed by atoms with E-state index in [2.05, 4.69) is 10.3 Å². The highest BCUT2D eigenvalue weighted by molar-refractivity contribution is 5.85. The highest BCUT2D eigenvalue weighted by atomic mass is 19.1. The van der Waals surface area contributed by atoms with E-state index in [0.717, 1.165) is 5.56 Å². The fourth-order valence-electron chi connectivity index (χ4n) is 1.71. The number of amides is 1. The predicted octanol–water partition coefficient (Wildman–Crippen LogP) is 2.35. The molecular weight excluding hydrogens is 291 g/mol. The summed E-state index contributed by atoms with van der Waals surface area (Å²) < 4.78 is 18.8. The van der Waals surface area contributed by atoms with Crippen molar-refractivity contribution in [1.29, 1.82) is 0 Å². The molecule has 0 radical (unpaired) electrons. The number of nitrogens with one attached hydrogen (secondary N) is 1. The third-order valence-corrected chi connectivity index (χ3v) is 2.81. The zero-order chi connectivity index (χ0) is 15.9. The highest BCUT2D eigenvalue weighted by Crippen LogP contribution is 2.10. The van der Waals surface area contributed by atoms with E-state index in [1.165, 1.54) is 12.3 Å². The molecule has 0 saturated heterocycles. The lowest BCUT2D eigenvalue weighted by atomic mass is 10.2. The molecule has 0 spiro atoms. The summed E-state index contributed by atoms with van der Waals surface area (Å²) in [6.07, 6.45) is 0.440. The number of rotatable bonds is 5. The molecule has 0 unspecified atom stereocenters. The molecule has 0 saturated carbocycles. The van der Waals surface area contributed by atoms with Crippen LogP contribution in [0.5, 0.6) is 0 Å². The maximum atomic E-state index is 13.8. The van der Waals surface area contributed by atoms with E-state index in [0.29, 0.717) is 0 Å². The van der Waals surface area contributed by atoms with Gasteiger partial charge in [0.15, 0.2) is 11.5 Å². The van der Waals surface area contributed by atoms with Gasteiger partial charge in [-0.15, -0.1) is 0 Å². The van der Waals surface area contributed by atoms with Crippen molar-refractivity contribution in [2.45, 2.75) is 13.2 Å². The van der Waals surface area contributed by atoms with E-state index >= 15 is 0 Å². The summed E-state index contributed by atoms with van der Waals surface area (Å²) in [4.78, 5) is 25.7. The number of halogens is 1. The molecular formula is C15H13FN2O4. The molecule has 1 aromatic heterocycles. The van der Waals surface area contributed by atoms with Gasteiger partial charge in [0.05, 0.1) is 0 Å². The van der Waals surface area contributed by atoms with Crippen LogP contribution in [0.3, 0.4) is 0 Å². The SMILES string of the molecule is O=C(NCc1ccnc(C(=O)O)c1F)OCc1ccccc1. The first-order valence-corrected chi connectivity index (χ1v) is 6.39. The van der Waals surface area contributed by atoms with Crippen molar-refractivity contribution in [3.8, 4) is 0 Å². The summed E-state index contributed by atoms with van der Waals surface area (Å²) in [6.45, 7) is -0.103. The number of aromatic carboxylic acids is 1. The van der Waals surface area contributed by atoms with E-state index in [-0.39, 0.29) is 18.7 Å². The van der Waals surface area contributed by atoms with Gasteiger partial charge in [0.25, 0.3) is 0 Å². The normalized spacial score (nSPS) is 10.0. The summed E-state index contributed by atoms with van der Waals surface area (Å²) in [5.41, 5.74) is 0.155. The Labute approximate surface area is 125 Å². The van der Waals surface area contributed by atoms with Gasteiger partial charge >= 0.3 is 12.1 Å². The Morgan fingerprint density at radius 3 is 2.64 bits per heavy atom. The molecule has 7 heteroatoms. The first-order chi connectivity index (χ1) is 10.6. The number of carboxylic acids is 1. The minimum Gasteiger partial charge on any atom is -0.476 e. The first-order valence-electron chi connectivity index (χ1n) is 6.39. The molecule has 1 heterocycles. The van der Waals surface area contributed by atoms with Crippen LogP contribution in [0, 0.1) is 5.82 Å². The maximum absolute atomic E-state index is 13.8. The number of pyridine rings is 1. The Bertz CT molecular complexity index is 676. The first kappa shape index (κ1) is 15.4. The maximum Gasteiger partial charge on any atom is 0.407 e. The average Bonchev–Trinajstić information content (AvgIpc) is 2.52. The van der Waals surface area contributed by atoms with E-state index < -0.39 is 23.6 Å². The smallest absolute Gasteiger partial charge is 0.407 e.